The zero-order valence-corrected chi connectivity index (χ0v) is 15.5. The van der Waals surface area contributed by atoms with Gasteiger partial charge in [0.25, 0.3) is 10.1 Å². The third-order valence-corrected chi connectivity index (χ3v) is 4.02. The third-order valence-electron chi connectivity index (χ3n) is 3.15. The van der Waals surface area contributed by atoms with Crippen LogP contribution in [-0.4, -0.2) is 30.7 Å². The number of hydrogen-bond acceptors (Lipinski definition) is 7. The van der Waals surface area contributed by atoms with Gasteiger partial charge in [0.15, 0.2) is 5.76 Å². The number of nitroso groups, excluding NO2 is 1. The summed E-state index contributed by atoms with van der Waals surface area (Å²) < 4.78 is 34.1. The molecule has 0 saturated heterocycles. The summed E-state index contributed by atoms with van der Waals surface area (Å²) in [6.45, 7) is 3.55. The number of carbonyl (C=O) groups is 1. The first-order valence-corrected chi connectivity index (χ1v) is 9.18. The minimum Gasteiger partial charge on any atom is -0.505 e. The molecule has 2 N–H and O–H groups in total. The number of aryl methyl sites for hydroxylation is 1. The lowest BCUT2D eigenvalue weighted by atomic mass is 10.1. The van der Waals surface area contributed by atoms with Crippen molar-refractivity contribution >= 4 is 21.8 Å². The first-order chi connectivity index (χ1) is 12.7. The number of aliphatic hydroxyl groups excluding tert-OH is 1. The number of carbonyl (C=O) groups excluding carboxylic acids is 1. The topological polar surface area (TPSA) is 130 Å². The fourth-order valence-corrected chi connectivity index (χ4v) is 2.30. The average Bonchev–Trinajstić information content (AvgIpc) is 2.63. The van der Waals surface area contributed by atoms with Crippen LogP contribution < -0.4 is 0 Å². The molecule has 0 radical (unpaired) electrons. The molecule has 0 unspecified atom stereocenters. The molecular weight excluding hydrogens is 374 g/mol. The summed E-state index contributed by atoms with van der Waals surface area (Å²) in [6, 6.07) is 14.2. The summed E-state index contributed by atoms with van der Waals surface area (Å²) in [5.74, 6) is -1.41. The Balaban J connectivity index is 0.000000289. The molecule has 2 rings (SSSR count). The molecule has 0 aliphatic heterocycles. The summed E-state index contributed by atoms with van der Waals surface area (Å²) >= 11 is 0. The van der Waals surface area contributed by atoms with E-state index in [1.807, 2.05) is 6.92 Å². The van der Waals surface area contributed by atoms with Gasteiger partial charge in [-0.15, -0.1) is 4.91 Å². The maximum atomic E-state index is 11.3. The smallest absolute Gasteiger partial charge is 0.364 e. The van der Waals surface area contributed by atoms with Crippen LogP contribution in [0.4, 0.5) is 0 Å². The van der Waals surface area contributed by atoms with Crippen molar-refractivity contribution in [3.05, 3.63) is 76.3 Å². The minimum atomic E-state index is -4.02. The molecule has 0 atom stereocenters. The van der Waals surface area contributed by atoms with Gasteiger partial charge in [-0.1, -0.05) is 48.0 Å². The van der Waals surface area contributed by atoms with Crippen LogP contribution in [0.3, 0.4) is 0 Å². The van der Waals surface area contributed by atoms with Crippen molar-refractivity contribution in [1.29, 1.82) is 0 Å². The van der Waals surface area contributed by atoms with E-state index < -0.39 is 27.5 Å². The lowest BCUT2D eigenvalue weighted by Crippen LogP contribution is -2.08. The van der Waals surface area contributed by atoms with Crippen LogP contribution in [0.1, 0.15) is 18.1 Å². The van der Waals surface area contributed by atoms with Crippen molar-refractivity contribution in [3.63, 3.8) is 0 Å². The second-order valence-electron chi connectivity index (χ2n) is 5.16. The Hall–Kier alpha value is -3.04. The van der Waals surface area contributed by atoms with Gasteiger partial charge in [0.2, 0.25) is 5.70 Å². The zero-order valence-electron chi connectivity index (χ0n) is 14.7. The van der Waals surface area contributed by atoms with Crippen LogP contribution in [0.5, 0.6) is 0 Å². The number of nitrogens with zero attached hydrogens (tertiary/aromatic N) is 1. The fraction of sp³-hybridized carbons (Fsp3) is 0.167. The molecule has 2 aromatic rings. The number of benzene rings is 2. The molecule has 0 aliphatic rings. The Kier molecular flexibility index (Phi) is 8.31. The highest BCUT2D eigenvalue weighted by atomic mass is 32.2. The van der Waals surface area contributed by atoms with Gasteiger partial charge < -0.3 is 9.84 Å². The largest absolute Gasteiger partial charge is 0.505 e. The summed E-state index contributed by atoms with van der Waals surface area (Å²) in [4.78, 5) is 21.7. The predicted molar refractivity (Wildman–Crippen MR) is 99.4 cm³/mol. The van der Waals surface area contributed by atoms with Crippen LogP contribution in [0, 0.1) is 11.8 Å². The van der Waals surface area contributed by atoms with Crippen LogP contribution in [-0.2, 0) is 19.6 Å². The number of rotatable bonds is 5. The number of aliphatic hydroxyl groups is 1. The minimum absolute atomic E-state index is 0.0666. The first kappa shape index (κ1) is 22.0. The summed E-state index contributed by atoms with van der Waals surface area (Å²) in [5, 5.41) is 12.2. The summed E-state index contributed by atoms with van der Waals surface area (Å²) in [6.07, 6.45) is 0. The molecule has 0 spiro atoms. The van der Waals surface area contributed by atoms with E-state index in [-0.39, 0.29) is 11.5 Å². The Morgan fingerprint density at radius 2 is 1.63 bits per heavy atom. The molecule has 0 aromatic heterocycles. The molecule has 0 fully saturated rings. The second kappa shape index (κ2) is 10.2. The van der Waals surface area contributed by atoms with Crippen LogP contribution in [0.25, 0.3) is 5.76 Å². The third kappa shape index (κ3) is 7.00. The highest BCUT2D eigenvalue weighted by Gasteiger charge is 2.18. The van der Waals surface area contributed by atoms with E-state index in [0.717, 1.165) is 5.56 Å². The Morgan fingerprint density at radius 3 is 2.07 bits per heavy atom. The standard InChI is InChI=1S/C11H11NO4.C7H8O3S/c1-2-16-11(14)9(12-15)10(13)8-6-4-3-5-7-8;1-6-2-4-7(5-3-6)11(8,9)10/h3-7,13H,2H2,1H3;2-5H,1H3,(H,8,9,10). The van der Waals surface area contributed by atoms with Crippen molar-refractivity contribution < 1.29 is 27.6 Å². The number of esters is 1. The van der Waals surface area contributed by atoms with Crippen molar-refractivity contribution in [2.45, 2.75) is 18.7 Å². The molecule has 0 bridgehead atoms. The Bertz CT molecular complexity index is 904. The van der Waals surface area contributed by atoms with Gasteiger partial charge in [0.05, 0.1) is 11.5 Å². The first-order valence-electron chi connectivity index (χ1n) is 7.74. The van der Waals surface area contributed by atoms with Gasteiger partial charge in [-0.25, -0.2) is 4.79 Å². The normalized spacial score (nSPS) is 11.5. The van der Waals surface area contributed by atoms with Gasteiger partial charge in [-0.05, 0) is 31.2 Å². The van der Waals surface area contributed by atoms with Crippen molar-refractivity contribution in [2.24, 2.45) is 5.18 Å². The molecule has 8 nitrogen and oxygen atoms in total. The van der Waals surface area contributed by atoms with Crippen LogP contribution in [0.2, 0.25) is 0 Å². The van der Waals surface area contributed by atoms with E-state index in [9.17, 15) is 23.2 Å². The van der Waals surface area contributed by atoms with E-state index in [0.29, 0.717) is 5.56 Å². The average molecular weight is 393 g/mol. The van der Waals surface area contributed by atoms with Gasteiger partial charge in [0.1, 0.15) is 0 Å². The predicted octanol–water partition coefficient (Wildman–Crippen LogP) is 3.48. The Morgan fingerprint density at radius 1 is 1.07 bits per heavy atom. The monoisotopic (exact) mass is 393 g/mol. The molecule has 0 saturated carbocycles. The maximum Gasteiger partial charge on any atom is 0.364 e. The van der Waals surface area contributed by atoms with Gasteiger partial charge in [-0.3, -0.25) is 4.55 Å². The van der Waals surface area contributed by atoms with Crippen molar-refractivity contribution in [1.82, 2.24) is 0 Å². The second-order valence-corrected chi connectivity index (χ2v) is 6.58. The van der Waals surface area contributed by atoms with Crippen LogP contribution >= 0.6 is 0 Å². The summed E-state index contributed by atoms with van der Waals surface area (Å²) in [7, 11) is -4.02. The fourth-order valence-electron chi connectivity index (χ4n) is 1.82. The van der Waals surface area contributed by atoms with E-state index in [1.54, 1.807) is 49.4 Å². The van der Waals surface area contributed by atoms with Gasteiger partial charge in [-0.2, -0.15) is 8.42 Å². The van der Waals surface area contributed by atoms with E-state index >= 15 is 0 Å². The molecular formula is C18H19NO7S. The Labute approximate surface area is 156 Å². The molecule has 27 heavy (non-hydrogen) atoms. The van der Waals surface area contributed by atoms with E-state index in [1.165, 1.54) is 12.1 Å². The highest BCUT2D eigenvalue weighted by Crippen LogP contribution is 2.17. The quantitative estimate of drug-likeness (QED) is 0.261. The molecule has 9 heteroatoms. The number of ether oxygens (including phenoxy) is 1. The SMILES string of the molecule is CCOC(=O)C(N=O)=C(O)c1ccccc1.Cc1ccc(S(=O)(=O)O)cc1. The highest BCUT2D eigenvalue weighted by molar-refractivity contribution is 7.85. The summed E-state index contributed by atoms with van der Waals surface area (Å²) in [5.41, 5.74) is 0.676. The molecule has 0 aliphatic carbocycles. The van der Waals surface area contributed by atoms with Gasteiger partial charge in [0, 0.05) is 5.56 Å². The molecule has 144 valence electrons. The maximum absolute atomic E-state index is 11.3. The van der Waals surface area contributed by atoms with Gasteiger partial charge >= 0.3 is 5.97 Å². The van der Waals surface area contributed by atoms with Crippen molar-refractivity contribution in [2.75, 3.05) is 6.61 Å². The lowest BCUT2D eigenvalue weighted by Gasteiger charge is -2.03. The lowest BCUT2D eigenvalue weighted by molar-refractivity contribution is -0.138. The van der Waals surface area contributed by atoms with E-state index in [4.69, 9.17) is 4.55 Å². The molecule has 0 heterocycles. The van der Waals surface area contributed by atoms with E-state index in [2.05, 4.69) is 9.91 Å². The molecule has 0 amide bonds. The zero-order chi connectivity index (χ0) is 20.4. The number of hydrogen-bond donors (Lipinski definition) is 2. The molecule has 2 aromatic carbocycles. The van der Waals surface area contributed by atoms with Crippen molar-refractivity contribution in [3.8, 4) is 0 Å². The van der Waals surface area contributed by atoms with Crippen LogP contribution in [0.15, 0.2) is 70.4 Å².